The van der Waals surface area contributed by atoms with Crippen LogP contribution in [0.5, 0.6) is 0 Å². The molecule has 27 heavy (non-hydrogen) atoms. The molecule has 1 aromatic carbocycles. The second-order valence-electron chi connectivity index (χ2n) is 6.45. The zero-order valence-corrected chi connectivity index (χ0v) is 16.6. The Morgan fingerprint density at radius 1 is 1.22 bits per heavy atom. The molecule has 1 saturated heterocycles. The Morgan fingerprint density at radius 2 is 1.85 bits per heavy atom. The molecule has 0 spiro atoms. The lowest BCUT2D eigenvalue weighted by Crippen LogP contribution is -2.50. The molecule has 1 fully saturated rings. The summed E-state index contributed by atoms with van der Waals surface area (Å²) < 4.78 is 1.29. The van der Waals surface area contributed by atoms with Crippen molar-refractivity contribution in [2.75, 3.05) is 31.1 Å². The van der Waals surface area contributed by atoms with Crippen molar-refractivity contribution in [1.29, 1.82) is 0 Å². The van der Waals surface area contributed by atoms with Crippen LogP contribution in [-0.4, -0.2) is 52.8 Å². The number of hydrogen-bond acceptors (Lipinski definition) is 5. The van der Waals surface area contributed by atoms with Crippen LogP contribution in [-0.2, 0) is 4.79 Å². The molecule has 9 heteroatoms. The maximum absolute atomic E-state index is 12.6. The van der Waals surface area contributed by atoms with Crippen molar-refractivity contribution in [2.45, 2.75) is 19.4 Å². The normalized spacial score (nSPS) is 15.2. The van der Waals surface area contributed by atoms with Crippen LogP contribution < -0.4 is 16.2 Å². The van der Waals surface area contributed by atoms with Crippen LogP contribution in [0.1, 0.15) is 13.3 Å². The first-order chi connectivity index (χ1) is 12.5. The van der Waals surface area contributed by atoms with Gasteiger partial charge in [0.25, 0.3) is 5.56 Å². The average molecular weight is 412 g/mol. The topological polar surface area (TPSA) is 84.5 Å². The van der Waals surface area contributed by atoms with E-state index >= 15 is 0 Å². The lowest BCUT2D eigenvalue weighted by Gasteiger charge is -2.36. The van der Waals surface area contributed by atoms with Crippen molar-refractivity contribution in [3.05, 3.63) is 51.9 Å². The van der Waals surface area contributed by atoms with E-state index in [4.69, 9.17) is 17.3 Å². The molecule has 3 rings (SSSR count). The zero-order valence-electron chi connectivity index (χ0n) is 15.0. The van der Waals surface area contributed by atoms with Crippen LogP contribution >= 0.6 is 24.0 Å². The maximum Gasteiger partial charge on any atom is 0.292 e. The van der Waals surface area contributed by atoms with Gasteiger partial charge in [-0.05, 0) is 19.1 Å². The first kappa shape index (κ1) is 21.2. The number of para-hydroxylation sites is 1. The minimum Gasteiger partial charge on any atom is -0.365 e. The molecule has 2 aromatic rings. The second-order valence-corrected chi connectivity index (χ2v) is 6.82. The van der Waals surface area contributed by atoms with E-state index in [1.165, 1.54) is 4.68 Å². The number of halogens is 2. The molecule has 2 heterocycles. The highest BCUT2D eigenvalue weighted by atomic mass is 35.5. The van der Waals surface area contributed by atoms with Crippen molar-refractivity contribution in [3.63, 3.8) is 0 Å². The summed E-state index contributed by atoms with van der Waals surface area (Å²) in [5, 5.41) is 4.40. The van der Waals surface area contributed by atoms with Gasteiger partial charge in [0.15, 0.2) is 0 Å². The highest BCUT2D eigenvalue weighted by Gasteiger charge is 2.24. The Hall–Kier alpha value is -2.09. The van der Waals surface area contributed by atoms with Crippen LogP contribution in [0.3, 0.4) is 0 Å². The zero-order chi connectivity index (χ0) is 18.7. The number of rotatable bonds is 4. The highest BCUT2D eigenvalue weighted by molar-refractivity contribution is 6.33. The largest absolute Gasteiger partial charge is 0.365 e. The number of nitrogens with zero attached hydrogens (tertiary/aromatic N) is 4. The van der Waals surface area contributed by atoms with Gasteiger partial charge in [-0.1, -0.05) is 29.8 Å². The molecular formula is C18H23Cl2N5O2. The number of anilines is 1. The molecule has 146 valence electrons. The predicted molar refractivity (Wildman–Crippen MR) is 109 cm³/mol. The molecule has 1 aliphatic rings. The number of aromatic nitrogens is 2. The molecule has 0 aliphatic carbocycles. The third kappa shape index (κ3) is 4.80. The van der Waals surface area contributed by atoms with Gasteiger partial charge in [-0.15, -0.1) is 12.4 Å². The van der Waals surface area contributed by atoms with E-state index in [9.17, 15) is 9.59 Å². The lowest BCUT2D eigenvalue weighted by atomic mass is 10.2. The van der Waals surface area contributed by atoms with Crippen LogP contribution in [0, 0.1) is 0 Å². The molecule has 1 unspecified atom stereocenters. The fourth-order valence-corrected chi connectivity index (χ4v) is 3.25. The molecule has 2 N–H and O–H groups in total. The van der Waals surface area contributed by atoms with E-state index in [1.54, 1.807) is 23.2 Å². The Kier molecular flexibility index (Phi) is 7.24. The van der Waals surface area contributed by atoms with E-state index in [2.05, 4.69) is 5.10 Å². The van der Waals surface area contributed by atoms with Crippen molar-refractivity contribution in [3.8, 4) is 5.69 Å². The Balaban J connectivity index is 0.00000261. The number of amides is 1. The first-order valence-corrected chi connectivity index (χ1v) is 8.96. The molecule has 1 aliphatic heterocycles. The quantitative estimate of drug-likeness (QED) is 0.827. The van der Waals surface area contributed by atoms with Gasteiger partial charge in [0.05, 0.1) is 17.6 Å². The van der Waals surface area contributed by atoms with E-state index in [0.29, 0.717) is 44.0 Å². The van der Waals surface area contributed by atoms with Gasteiger partial charge >= 0.3 is 0 Å². The van der Waals surface area contributed by atoms with Crippen LogP contribution in [0.15, 0.2) is 41.3 Å². The summed E-state index contributed by atoms with van der Waals surface area (Å²) in [7, 11) is 0. The van der Waals surface area contributed by atoms with Gasteiger partial charge in [-0.3, -0.25) is 9.59 Å². The number of carbonyl (C=O) groups excluding carboxylic acids is 1. The summed E-state index contributed by atoms with van der Waals surface area (Å²) in [5.41, 5.74) is 6.60. The highest BCUT2D eigenvalue weighted by Crippen LogP contribution is 2.23. The predicted octanol–water partition coefficient (Wildman–Crippen LogP) is 1.69. The average Bonchev–Trinajstić information content (AvgIpc) is 2.64. The maximum atomic E-state index is 12.6. The summed E-state index contributed by atoms with van der Waals surface area (Å²) in [6, 6.07) is 9.00. The molecule has 0 saturated carbocycles. The van der Waals surface area contributed by atoms with Gasteiger partial charge in [0, 0.05) is 38.6 Å². The smallest absolute Gasteiger partial charge is 0.292 e. The van der Waals surface area contributed by atoms with Gasteiger partial charge in [-0.2, -0.15) is 9.78 Å². The minimum atomic E-state index is -0.356. The monoisotopic (exact) mass is 411 g/mol. The number of benzene rings is 1. The summed E-state index contributed by atoms with van der Waals surface area (Å²) in [4.78, 5) is 28.5. The minimum absolute atomic E-state index is 0. The molecule has 7 nitrogen and oxygen atoms in total. The SMILES string of the molecule is CC(N)CC(=O)N1CCN(c2cnn(-c3ccccc3)c(=O)c2Cl)CC1.Cl. The Labute approximate surface area is 169 Å². The van der Waals surface area contributed by atoms with Crippen LogP contribution in [0.2, 0.25) is 5.02 Å². The molecule has 1 aromatic heterocycles. The fourth-order valence-electron chi connectivity index (χ4n) is 3.00. The number of nitrogens with two attached hydrogens (primary N) is 1. The van der Waals surface area contributed by atoms with Crippen molar-refractivity contribution >= 4 is 35.6 Å². The van der Waals surface area contributed by atoms with E-state index in [1.807, 2.05) is 30.0 Å². The van der Waals surface area contributed by atoms with Gasteiger partial charge in [-0.25, -0.2) is 0 Å². The fraction of sp³-hybridized carbons (Fsp3) is 0.389. The van der Waals surface area contributed by atoms with Crippen LogP contribution in [0.4, 0.5) is 5.69 Å². The lowest BCUT2D eigenvalue weighted by molar-refractivity contribution is -0.131. The summed E-state index contributed by atoms with van der Waals surface area (Å²) in [6.07, 6.45) is 1.95. The second kappa shape index (κ2) is 9.21. The first-order valence-electron chi connectivity index (χ1n) is 8.59. The molecule has 0 radical (unpaired) electrons. The number of carbonyl (C=O) groups is 1. The summed E-state index contributed by atoms with van der Waals surface area (Å²) >= 11 is 6.34. The van der Waals surface area contributed by atoms with Crippen molar-refractivity contribution in [1.82, 2.24) is 14.7 Å². The Morgan fingerprint density at radius 3 is 2.44 bits per heavy atom. The molecule has 0 bridgehead atoms. The van der Waals surface area contributed by atoms with E-state index in [0.717, 1.165) is 0 Å². The molecular weight excluding hydrogens is 389 g/mol. The third-order valence-electron chi connectivity index (χ3n) is 4.37. The Bertz CT molecular complexity index is 833. The number of piperazine rings is 1. The van der Waals surface area contributed by atoms with Gasteiger partial charge in [0.1, 0.15) is 5.02 Å². The standard InChI is InChI=1S/C18H22ClN5O2.ClH/c1-13(20)11-16(25)23-9-7-22(8-10-23)15-12-21-24(18(26)17(15)19)14-5-3-2-4-6-14;/h2-6,12-13H,7-11,20H2,1H3;1H. The van der Waals surface area contributed by atoms with E-state index < -0.39 is 0 Å². The number of hydrogen-bond donors (Lipinski definition) is 1. The third-order valence-corrected chi connectivity index (χ3v) is 4.73. The van der Waals surface area contributed by atoms with Gasteiger partial charge in [0.2, 0.25) is 5.91 Å². The van der Waals surface area contributed by atoms with Crippen LogP contribution in [0.25, 0.3) is 5.69 Å². The summed E-state index contributed by atoms with van der Waals surface area (Å²) in [5.74, 6) is 0.0587. The summed E-state index contributed by atoms with van der Waals surface area (Å²) in [6.45, 7) is 4.16. The molecule has 1 amide bonds. The van der Waals surface area contributed by atoms with Crippen molar-refractivity contribution < 1.29 is 4.79 Å². The molecule has 1 atom stereocenters. The van der Waals surface area contributed by atoms with Gasteiger partial charge < -0.3 is 15.5 Å². The van der Waals surface area contributed by atoms with Crippen molar-refractivity contribution in [2.24, 2.45) is 5.73 Å². The van der Waals surface area contributed by atoms with E-state index in [-0.39, 0.29) is 34.9 Å².